The zero-order valence-corrected chi connectivity index (χ0v) is 45.3. The molecule has 80 heavy (non-hydrogen) atoms. The van der Waals surface area contributed by atoms with Crippen LogP contribution in [0.4, 0.5) is 42.9 Å². The van der Waals surface area contributed by atoms with Crippen molar-refractivity contribution in [2.45, 2.75) is 120 Å². The van der Waals surface area contributed by atoms with Gasteiger partial charge in [0.2, 0.25) is 11.8 Å². The van der Waals surface area contributed by atoms with Gasteiger partial charge < -0.3 is 59.1 Å². The van der Waals surface area contributed by atoms with Gasteiger partial charge in [-0.15, -0.1) is 0 Å². The van der Waals surface area contributed by atoms with Crippen LogP contribution in [0.15, 0.2) is 60.7 Å². The third-order valence-corrected chi connectivity index (χ3v) is 16.6. The second-order valence-electron chi connectivity index (χ2n) is 21.1. The van der Waals surface area contributed by atoms with Gasteiger partial charge in [-0.05, 0) is 113 Å². The van der Waals surface area contributed by atoms with Crippen LogP contribution in [0.3, 0.4) is 0 Å². The van der Waals surface area contributed by atoms with Gasteiger partial charge >= 0.3 is 12.2 Å². The summed E-state index contributed by atoms with van der Waals surface area (Å²) < 4.78 is 102. The number of carbonyl (C=O) groups excluding carboxylic acids is 4. The topological polar surface area (TPSA) is 200 Å². The second-order valence-corrected chi connectivity index (χ2v) is 21.1. The zero-order chi connectivity index (χ0) is 56.7. The number of likely N-dealkylation sites (tertiary alicyclic amines) is 2. The van der Waals surface area contributed by atoms with Crippen molar-refractivity contribution in [1.29, 1.82) is 0 Å². The van der Waals surface area contributed by atoms with Crippen LogP contribution < -0.4 is 20.4 Å². The van der Waals surface area contributed by atoms with Crippen molar-refractivity contribution in [2.24, 2.45) is 0 Å². The van der Waals surface area contributed by atoms with Crippen LogP contribution in [0.5, 0.6) is 0 Å². The number of hydrogen-bond donors (Lipinski definition) is 4. The number of fused-ring (bicyclic) bond motifs is 2. The Kier molecular flexibility index (Phi) is 16.2. The van der Waals surface area contributed by atoms with E-state index in [0.717, 1.165) is 5.56 Å². The highest BCUT2D eigenvalue weighted by molar-refractivity contribution is 5.88. The maximum Gasteiger partial charge on any atom is 0.407 e. The number of carbonyl (C=O) groups is 4. The molecule has 3 unspecified atom stereocenters. The van der Waals surface area contributed by atoms with E-state index in [2.05, 4.69) is 20.6 Å². The van der Waals surface area contributed by atoms with Crippen LogP contribution in [0.1, 0.15) is 124 Å². The SMILES string of the molecule is COC(=O)N[C@H](C(=O)N1CCC[C@H]1c1nc2cc(F)c([C@H]3CCC(c4cc5[nH]c(C6CCCN6C(=O)[C@@H](NC(=O)OC)[C@@H](C)OC)nc5cc4F)N3c3cc(F)c(N4CCC(c5ccc(F)cc5)CC4)c(F)c3)cc2[nH]1)C(C)OC. The Morgan fingerprint density at radius 2 is 1.02 bits per heavy atom. The standard InChI is InChI=1S/C57H65F5N10O8/c1-29(77-3)49(67-56(75)79-5)54(73)70-19-7-9-47(70)52-63-41-25-35(37(59)27-43(41)65-52)45-15-16-46(72(45)34-23-39(61)51(40(62)24-34)69-21-17-32(18-22-69)31-11-13-33(58)14-12-31)36-26-42-44(28-38(36)60)66-53(64-42)48-10-8-20-71(48)55(74)50(30(2)78-4)68-57(76)80-6/h11-14,23-30,32,45-50H,7-10,15-22H2,1-6H3,(H,63,65)(H,64,66)(H,67,75)(H,68,76)/t29-,30?,45?,46-,47?,48+,49+,50+/m1/s1. The number of rotatable bonds is 15. The Hall–Kier alpha value is -7.53. The van der Waals surface area contributed by atoms with Gasteiger partial charge in [-0.1, -0.05) is 12.1 Å². The number of aromatic amines is 2. The van der Waals surface area contributed by atoms with Crippen molar-refractivity contribution < 1.29 is 60.1 Å². The fraction of sp³-hybridized carbons (Fsp3) is 0.474. The van der Waals surface area contributed by atoms with Crippen LogP contribution in [0, 0.1) is 29.1 Å². The molecule has 4 N–H and O–H groups in total. The molecule has 0 aliphatic carbocycles. The molecule has 2 aromatic heterocycles. The van der Waals surface area contributed by atoms with E-state index in [4.69, 9.17) is 28.9 Å². The minimum atomic E-state index is -1.08. The third-order valence-electron chi connectivity index (χ3n) is 16.6. The summed E-state index contributed by atoms with van der Waals surface area (Å²) in [5, 5.41) is 5.14. The smallest absolute Gasteiger partial charge is 0.407 e. The predicted molar refractivity (Wildman–Crippen MR) is 285 cm³/mol. The number of ether oxygens (including phenoxy) is 4. The number of halogens is 5. The summed E-state index contributed by atoms with van der Waals surface area (Å²) in [6.07, 6.45) is 0.794. The molecule has 426 valence electrons. The largest absolute Gasteiger partial charge is 0.453 e. The predicted octanol–water partition coefficient (Wildman–Crippen LogP) is 9.45. The fourth-order valence-corrected chi connectivity index (χ4v) is 12.3. The van der Waals surface area contributed by atoms with Crippen molar-refractivity contribution in [3.63, 3.8) is 0 Å². The van der Waals surface area contributed by atoms with Gasteiger partial charge in [0.25, 0.3) is 0 Å². The molecule has 4 fully saturated rings. The lowest BCUT2D eigenvalue weighted by atomic mass is 9.89. The van der Waals surface area contributed by atoms with Crippen molar-refractivity contribution in [2.75, 3.05) is 64.4 Å². The lowest BCUT2D eigenvalue weighted by molar-refractivity contribution is -0.138. The number of H-pyrrole nitrogens is 2. The monoisotopic (exact) mass is 1110 g/mol. The van der Waals surface area contributed by atoms with E-state index in [0.29, 0.717) is 87.4 Å². The molecule has 4 aliphatic rings. The molecule has 4 amide bonds. The maximum absolute atomic E-state index is 17.0. The summed E-state index contributed by atoms with van der Waals surface area (Å²) in [6, 6.07) is 9.30. The number of aromatic nitrogens is 4. The van der Waals surface area contributed by atoms with E-state index in [1.165, 1.54) is 64.8 Å². The Morgan fingerprint density at radius 3 is 1.45 bits per heavy atom. The van der Waals surface area contributed by atoms with Gasteiger partial charge in [0, 0.05) is 69.3 Å². The third kappa shape index (κ3) is 10.8. The lowest BCUT2D eigenvalue weighted by Crippen LogP contribution is -2.54. The minimum absolute atomic E-state index is 0.0491. The molecule has 4 saturated heterocycles. The van der Waals surface area contributed by atoms with Crippen LogP contribution >= 0.6 is 0 Å². The summed E-state index contributed by atoms with van der Waals surface area (Å²) in [5.74, 6) is -3.41. The van der Waals surface area contributed by atoms with Gasteiger partial charge in [0.15, 0.2) is 11.6 Å². The van der Waals surface area contributed by atoms with E-state index >= 15 is 17.6 Å². The van der Waals surface area contributed by atoms with E-state index in [1.807, 2.05) is 0 Å². The molecule has 6 aromatic rings. The van der Waals surface area contributed by atoms with Crippen LogP contribution in [-0.2, 0) is 28.5 Å². The van der Waals surface area contributed by atoms with Gasteiger partial charge in [0.1, 0.15) is 46.9 Å². The summed E-state index contributed by atoms with van der Waals surface area (Å²) in [4.78, 5) is 75.3. The van der Waals surface area contributed by atoms with Gasteiger partial charge in [-0.3, -0.25) is 9.59 Å². The molecule has 4 aromatic carbocycles. The van der Waals surface area contributed by atoms with Gasteiger partial charge in [-0.2, -0.15) is 0 Å². The highest BCUT2D eigenvalue weighted by Gasteiger charge is 2.43. The van der Waals surface area contributed by atoms with Gasteiger partial charge in [-0.25, -0.2) is 41.5 Å². The number of piperidine rings is 1. The molecule has 6 heterocycles. The van der Waals surface area contributed by atoms with E-state index in [9.17, 15) is 23.6 Å². The molecule has 0 saturated carbocycles. The first-order chi connectivity index (χ1) is 38.5. The Morgan fingerprint density at radius 1 is 0.575 bits per heavy atom. The van der Waals surface area contributed by atoms with Crippen molar-refractivity contribution in [3.8, 4) is 0 Å². The first-order valence-corrected chi connectivity index (χ1v) is 27.0. The number of amides is 4. The number of alkyl carbamates (subject to hydrolysis) is 2. The van der Waals surface area contributed by atoms with E-state index in [-0.39, 0.29) is 58.1 Å². The molecular weight excluding hydrogens is 1050 g/mol. The summed E-state index contributed by atoms with van der Waals surface area (Å²) in [7, 11) is 5.23. The number of hydrogen-bond acceptors (Lipinski definition) is 12. The minimum Gasteiger partial charge on any atom is -0.453 e. The number of nitrogens with one attached hydrogen (secondary N) is 4. The van der Waals surface area contributed by atoms with Crippen LogP contribution in [-0.4, -0.2) is 133 Å². The second kappa shape index (κ2) is 23.3. The maximum atomic E-state index is 17.0. The zero-order valence-electron chi connectivity index (χ0n) is 45.3. The number of anilines is 2. The average molecular weight is 1110 g/mol. The highest BCUT2D eigenvalue weighted by atomic mass is 19.1. The summed E-state index contributed by atoms with van der Waals surface area (Å²) in [5.41, 5.74) is 2.44. The highest BCUT2D eigenvalue weighted by Crippen LogP contribution is 2.50. The Balaban J connectivity index is 0.993. The van der Waals surface area contributed by atoms with Crippen molar-refractivity contribution in [3.05, 3.63) is 118 Å². The molecule has 0 radical (unpaired) electrons. The first-order valence-electron chi connectivity index (χ1n) is 27.0. The fourth-order valence-electron chi connectivity index (χ4n) is 12.3. The normalized spacial score (nSPS) is 21.3. The number of benzene rings is 4. The molecule has 0 bridgehead atoms. The lowest BCUT2D eigenvalue weighted by Gasteiger charge is -2.36. The number of methoxy groups -OCH3 is 4. The molecule has 23 heteroatoms. The number of nitrogens with zero attached hydrogens (tertiary/aromatic N) is 6. The molecular formula is C57H65F5N10O8. The number of imidazole rings is 2. The van der Waals surface area contributed by atoms with E-state index in [1.54, 1.807) is 57.7 Å². The van der Waals surface area contributed by atoms with Crippen LogP contribution in [0.25, 0.3) is 22.1 Å². The quantitative estimate of drug-likeness (QED) is 0.0712. The van der Waals surface area contributed by atoms with Crippen molar-refractivity contribution >= 4 is 57.4 Å². The van der Waals surface area contributed by atoms with Crippen LogP contribution in [0.2, 0.25) is 0 Å². The Labute approximate surface area is 458 Å². The van der Waals surface area contributed by atoms with Crippen molar-refractivity contribution in [1.82, 2.24) is 40.4 Å². The van der Waals surface area contributed by atoms with Gasteiger partial charge in [0.05, 0.1) is 72.7 Å². The molecule has 0 spiro atoms. The molecule has 10 rings (SSSR count). The average Bonchev–Trinajstić information content (AvgIpc) is 4.48. The molecule has 18 nitrogen and oxygen atoms in total. The summed E-state index contributed by atoms with van der Waals surface area (Å²) >= 11 is 0. The summed E-state index contributed by atoms with van der Waals surface area (Å²) in [6.45, 7) is 4.64. The van der Waals surface area contributed by atoms with E-state index < -0.39 is 95.7 Å². The first kappa shape index (κ1) is 55.8. The molecule has 4 aliphatic heterocycles. The Bertz CT molecular complexity index is 3100. The molecule has 8 atom stereocenters.